The van der Waals surface area contributed by atoms with Crippen LogP contribution in [0, 0.1) is 0 Å². The van der Waals surface area contributed by atoms with Gasteiger partial charge in [-0.3, -0.25) is 9.59 Å². The molecule has 3 heterocycles. The number of aryl methyl sites for hydroxylation is 1. The average molecular weight is 371 g/mol. The lowest BCUT2D eigenvalue weighted by atomic mass is 10.1. The maximum absolute atomic E-state index is 12.5. The Morgan fingerprint density at radius 3 is 2.26 bits per heavy atom. The van der Waals surface area contributed by atoms with Gasteiger partial charge in [-0.1, -0.05) is 30.3 Å². The molecule has 1 aliphatic rings. The Labute approximate surface area is 158 Å². The highest BCUT2D eigenvalue weighted by atomic mass is 32.1. The van der Waals surface area contributed by atoms with E-state index < -0.39 is 0 Å². The summed E-state index contributed by atoms with van der Waals surface area (Å²) in [6.45, 7) is 0. The Balaban J connectivity index is 1.57. The molecular formula is C21H13N3O2S. The number of allylic oxidation sites excluding steroid dienone is 1. The molecule has 0 unspecified atom stereocenters. The predicted octanol–water partition coefficient (Wildman–Crippen LogP) is 4.16. The van der Waals surface area contributed by atoms with Crippen molar-refractivity contribution in [3.63, 3.8) is 0 Å². The first-order valence-corrected chi connectivity index (χ1v) is 9.22. The Morgan fingerprint density at radius 1 is 0.963 bits per heavy atom. The molecule has 0 bridgehead atoms. The van der Waals surface area contributed by atoms with Crippen molar-refractivity contribution in [3.05, 3.63) is 76.7 Å². The number of aromatic nitrogens is 3. The molecule has 6 heteroatoms. The molecule has 5 nitrogen and oxygen atoms in total. The van der Waals surface area contributed by atoms with E-state index in [1.165, 1.54) is 12.4 Å². The van der Waals surface area contributed by atoms with Gasteiger partial charge in [-0.25, -0.2) is 9.97 Å². The number of hydrogen-bond donors (Lipinski definition) is 0. The van der Waals surface area contributed by atoms with Gasteiger partial charge in [0, 0.05) is 30.0 Å². The standard InChI is InChI=1S/C21H13N3O2S/c1-24-15(12-5-3-2-4-6-12)11-17-16(24)10-13(27-17)9-14-20(25)18-19(21(14)26)23-8-7-22-18/h2-11H,1H3. The summed E-state index contributed by atoms with van der Waals surface area (Å²) in [6, 6.07) is 14.3. The average Bonchev–Trinajstić information content (AvgIpc) is 3.31. The summed E-state index contributed by atoms with van der Waals surface area (Å²) in [4.78, 5) is 33.8. The van der Waals surface area contributed by atoms with Crippen molar-refractivity contribution < 1.29 is 9.59 Å². The number of hydrogen-bond acceptors (Lipinski definition) is 5. The SMILES string of the molecule is Cn1c(-c2ccccc2)cc2sc(C=C3C(=O)c4nccnc4C3=O)cc21. The van der Waals surface area contributed by atoms with E-state index in [0.717, 1.165) is 26.4 Å². The van der Waals surface area contributed by atoms with Crippen molar-refractivity contribution in [2.45, 2.75) is 0 Å². The van der Waals surface area contributed by atoms with Crippen LogP contribution in [-0.4, -0.2) is 26.1 Å². The Hall–Kier alpha value is -3.38. The zero-order valence-corrected chi connectivity index (χ0v) is 15.2. The molecule has 0 aliphatic heterocycles. The molecule has 0 fully saturated rings. The van der Waals surface area contributed by atoms with E-state index in [0.29, 0.717) is 0 Å². The van der Waals surface area contributed by atoms with Gasteiger partial charge >= 0.3 is 0 Å². The Morgan fingerprint density at radius 2 is 1.63 bits per heavy atom. The van der Waals surface area contributed by atoms with Gasteiger partial charge in [-0.2, -0.15) is 0 Å². The number of Topliss-reactive ketones (excluding diaryl/α,β-unsaturated/α-hetero) is 2. The monoisotopic (exact) mass is 371 g/mol. The highest BCUT2D eigenvalue weighted by molar-refractivity contribution is 7.19. The third-order valence-corrected chi connectivity index (χ3v) is 5.74. The van der Waals surface area contributed by atoms with Crippen molar-refractivity contribution in [3.8, 4) is 11.3 Å². The minimum absolute atomic E-state index is 0.131. The molecule has 5 rings (SSSR count). The molecule has 0 radical (unpaired) electrons. The van der Waals surface area contributed by atoms with Crippen molar-refractivity contribution >= 4 is 39.2 Å². The third kappa shape index (κ3) is 2.38. The lowest BCUT2D eigenvalue weighted by molar-refractivity contribution is 0.0988. The summed E-state index contributed by atoms with van der Waals surface area (Å²) in [5.74, 6) is -0.712. The van der Waals surface area contributed by atoms with Gasteiger partial charge in [0.25, 0.3) is 0 Å². The minimum atomic E-state index is -0.356. The van der Waals surface area contributed by atoms with Gasteiger partial charge in [0.05, 0.1) is 15.8 Å². The van der Waals surface area contributed by atoms with Crippen LogP contribution in [0.15, 0.2) is 60.4 Å². The molecule has 0 saturated carbocycles. The van der Waals surface area contributed by atoms with E-state index in [4.69, 9.17) is 0 Å². The summed E-state index contributed by atoms with van der Waals surface area (Å²) < 4.78 is 3.23. The van der Waals surface area contributed by atoms with Gasteiger partial charge < -0.3 is 4.57 Å². The molecule has 0 spiro atoms. The number of rotatable bonds is 2. The van der Waals surface area contributed by atoms with Crippen molar-refractivity contribution in [2.75, 3.05) is 0 Å². The summed E-state index contributed by atoms with van der Waals surface area (Å²) in [6.07, 6.45) is 4.51. The van der Waals surface area contributed by atoms with Crippen LogP contribution in [0.3, 0.4) is 0 Å². The molecule has 0 N–H and O–H groups in total. The molecule has 0 atom stereocenters. The zero-order chi connectivity index (χ0) is 18.5. The Bertz CT molecular complexity index is 1230. The molecule has 1 aliphatic carbocycles. The van der Waals surface area contributed by atoms with Crippen molar-refractivity contribution in [1.29, 1.82) is 0 Å². The number of carbonyl (C=O) groups is 2. The van der Waals surface area contributed by atoms with E-state index in [1.54, 1.807) is 17.4 Å². The van der Waals surface area contributed by atoms with Crippen LogP contribution in [0.5, 0.6) is 0 Å². The first-order valence-electron chi connectivity index (χ1n) is 8.40. The van der Waals surface area contributed by atoms with E-state index in [-0.39, 0.29) is 28.5 Å². The number of ketones is 2. The molecule has 4 aromatic rings. The zero-order valence-electron chi connectivity index (χ0n) is 14.3. The maximum Gasteiger partial charge on any atom is 0.217 e. The summed E-state index contributed by atoms with van der Waals surface area (Å²) >= 11 is 1.55. The number of benzene rings is 1. The van der Waals surface area contributed by atoms with E-state index in [2.05, 4.69) is 32.7 Å². The first-order chi connectivity index (χ1) is 13.1. The fourth-order valence-corrected chi connectivity index (χ4v) is 4.46. The lowest BCUT2D eigenvalue weighted by Crippen LogP contribution is -2.00. The second kappa shape index (κ2) is 5.82. The van der Waals surface area contributed by atoms with Crippen LogP contribution in [0.4, 0.5) is 0 Å². The third-order valence-electron chi connectivity index (χ3n) is 4.72. The highest BCUT2D eigenvalue weighted by Crippen LogP contribution is 2.35. The van der Waals surface area contributed by atoms with Gasteiger partial charge in [0.15, 0.2) is 0 Å². The summed E-state index contributed by atoms with van der Waals surface area (Å²) in [5, 5.41) is 0. The van der Waals surface area contributed by atoms with Crippen molar-refractivity contribution in [2.24, 2.45) is 7.05 Å². The summed E-state index contributed by atoms with van der Waals surface area (Å²) in [5.41, 5.74) is 3.76. The van der Waals surface area contributed by atoms with E-state index >= 15 is 0 Å². The smallest absolute Gasteiger partial charge is 0.217 e. The highest BCUT2D eigenvalue weighted by Gasteiger charge is 2.35. The minimum Gasteiger partial charge on any atom is -0.343 e. The molecule has 0 saturated heterocycles. The molecular weight excluding hydrogens is 358 g/mol. The predicted molar refractivity (Wildman–Crippen MR) is 105 cm³/mol. The van der Waals surface area contributed by atoms with Crippen LogP contribution in [-0.2, 0) is 7.05 Å². The lowest BCUT2D eigenvalue weighted by Gasteiger charge is -2.03. The van der Waals surface area contributed by atoms with Crippen LogP contribution in [0.25, 0.3) is 27.6 Å². The van der Waals surface area contributed by atoms with Gasteiger partial charge in [0.2, 0.25) is 11.6 Å². The molecule has 0 amide bonds. The van der Waals surface area contributed by atoms with Crippen LogP contribution in [0.2, 0.25) is 0 Å². The Kier molecular flexibility index (Phi) is 3.42. The van der Waals surface area contributed by atoms with Gasteiger partial charge in [0.1, 0.15) is 11.4 Å². The van der Waals surface area contributed by atoms with E-state index in [1.807, 2.05) is 31.3 Å². The van der Waals surface area contributed by atoms with Crippen LogP contribution in [0.1, 0.15) is 25.9 Å². The summed E-state index contributed by atoms with van der Waals surface area (Å²) in [7, 11) is 2.02. The first kappa shape index (κ1) is 15.8. The number of carbonyl (C=O) groups excluding carboxylic acids is 2. The number of fused-ring (bicyclic) bond motifs is 2. The molecule has 1 aromatic carbocycles. The van der Waals surface area contributed by atoms with Crippen LogP contribution >= 0.6 is 11.3 Å². The van der Waals surface area contributed by atoms with E-state index in [9.17, 15) is 9.59 Å². The topological polar surface area (TPSA) is 64.8 Å². The number of thiophene rings is 1. The van der Waals surface area contributed by atoms with Gasteiger partial charge in [-0.05, 0) is 23.8 Å². The molecule has 3 aromatic heterocycles. The second-order valence-electron chi connectivity index (χ2n) is 6.32. The maximum atomic E-state index is 12.5. The fourth-order valence-electron chi connectivity index (χ4n) is 3.39. The van der Waals surface area contributed by atoms with Crippen LogP contribution < -0.4 is 0 Å². The number of nitrogens with zero attached hydrogens (tertiary/aromatic N) is 3. The largest absolute Gasteiger partial charge is 0.343 e. The normalized spacial score (nSPS) is 13.4. The van der Waals surface area contributed by atoms with Gasteiger partial charge in [-0.15, -0.1) is 11.3 Å². The second-order valence-corrected chi connectivity index (χ2v) is 7.44. The fraction of sp³-hybridized carbons (Fsp3) is 0.0476. The quantitative estimate of drug-likeness (QED) is 0.392. The van der Waals surface area contributed by atoms with Crippen molar-refractivity contribution in [1.82, 2.24) is 14.5 Å². The molecule has 27 heavy (non-hydrogen) atoms. The molecule has 130 valence electrons.